The molecule has 2 heterocycles. The molecule has 0 saturated carbocycles. The zero-order chi connectivity index (χ0) is 14.8. The monoisotopic (exact) mass is 286 g/mol. The SMILES string of the molecule is CC(c1nc2ccccc2n1C)N(C)C1CCCNCC1. The molecule has 1 aromatic heterocycles. The number of aryl methyl sites for hydroxylation is 1. The van der Waals surface area contributed by atoms with Crippen molar-refractivity contribution in [2.45, 2.75) is 38.3 Å². The number of nitrogens with one attached hydrogen (secondary N) is 1. The highest BCUT2D eigenvalue weighted by Gasteiger charge is 2.25. The predicted molar refractivity (Wildman–Crippen MR) is 87.4 cm³/mol. The normalized spacial score (nSPS) is 21.6. The number of hydrogen-bond donors (Lipinski definition) is 1. The van der Waals surface area contributed by atoms with Crippen molar-refractivity contribution in [1.29, 1.82) is 0 Å². The van der Waals surface area contributed by atoms with Gasteiger partial charge in [0, 0.05) is 13.1 Å². The number of imidazole rings is 1. The molecule has 1 aromatic carbocycles. The second-order valence-electron chi connectivity index (χ2n) is 6.19. The van der Waals surface area contributed by atoms with Crippen LogP contribution < -0.4 is 5.32 Å². The molecule has 21 heavy (non-hydrogen) atoms. The predicted octanol–water partition coefficient (Wildman–Crippen LogP) is 2.71. The lowest BCUT2D eigenvalue weighted by Crippen LogP contribution is -2.35. The number of nitrogens with zero attached hydrogens (tertiary/aromatic N) is 3. The van der Waals surface area contributed by atoms with Crippen LogP contribution in [0.3, 0.4) is 0 Å². The van der Waals surface area contributed by atoms with Gasteiger partial charge in [-0.15, -0.1) is 0 Å². The first-order chi connectivity index (χ1) is 10.2. The summed E-state index contributed by atoms with van der Waals surface area (Å²) in [4.78, 5) is 7.37. The molecule has 3 rings (SSSR count). The van der Waals surface area contributed by atoms with Gasteiger partial charge < -0.3 is 9.88 Å². The molecule has 0 aliphatic carbocycles. The minimum Gasteiger partial charge on any atom is -0.330 e. The third kappa shape index (κ3) is 2.83. The average Bonchev–Trinajstić information content (AvgIpc) is 2.70. The summed E-state index contributed by atoms with van der Waals surface area (Å²) in [7, 11) is 4.38. The molecular formula is C17H26N4. The molecule has 4 nitrogen and oxygen atoms in total. The summed E-state index contributed by atoms with van der Waals surface area (Å²) in [6.07, 6.45) is 3.77. The molecular weight excluding hydrogens is 260 g/mol. The molecule has 1 aliphatic heterocycles. The Morgan fingerprint density at radius 1 is 1.29 bits per heavy atom. The van der Waals surface area contributed by atoms with E-state index in [1.165, 1.54) is 24.8 Å². The van der Waals surface area contributed by atoms with E-state index in [9.17, 15) is 0 Å². The van der Waals surface area contributed by atoms with E-state index in [0.29, 0.717) is 12.1 Å². The standard InChI is InChI=1S/C17H26N4/c1-13(20(2)14-7-6-11-18-12-10-14)17-19-15-8-4-5-9-16(15)21(17)3/h4-5,8-9,13-14,18H,6-7,10-12H2,1-3H3. The highest BCUT2D eigenvalue weighted by atomic mass is 15.2. The van der Waals surface area contributed by atoms with Crippen molar-refractivity contribution in [3.05, 3.63) is 30.1 Å². The van der Waals surface area contributed by atoms with Crippen molar-refractivity contribution in [2.75, 3.05) is 20.1 Å². The number of fused-ring (bicyclic) bond motifs is 1. The molecule has 1 saturated heterocycles. The van der Waals surface area contributed by atoms with E-state index < -0.39 is 0 Å². The Bertz CT molecular complexity index is 596. The minimum atomic E-state index is 0.338. The van der Waals surface area contributed by atoms with E-state index in [0.717, 1.165) is 24.4 Å². The quantitative estimate of drug-likeness (QED) is 0.942. The van der Waals surface area contributed by atoms with Crippen LogP contribution in [0.2, 0.25) is 0 Å². The number of benzene rings is 1. The fourth-order valence-electron chi connectivity index (χ4n) is 3.44. The van der Waals surface area contributed by atoms with Gasteiger partial charge in [-0.3, -0.25) is 4.90 Å². The summed E-state index contributed by atoms with van der Waals surface area (Å²) in [5.41, 5.74) is 2.31. The lowest BCUT2D eigenvalue weighted by atomic mass is 10.1. The molecule has 0 spiro atoms. The summed E-state index contributed by atoms with van der Waals surface area (Å²) in [5, 5.41) is 3.50. The van der Waals surface area contributed by atoms with Crippen LogP contribution in [0.25, 0.3) is 11.0 Å². The molecule has 1 aliphatic rings. The summed E-state index contributed by atoms with van der Waals surface area (Å²) in [6.45, 7) is 4.56. The maximum absolute atomic E-state index is 4.86. The first-order valence-electron chi connectivity index (χ1n) is 8.02. The van der Waals surface area contributed by atoms with E-state index in [-0.39, 0.29) is 0 Å². The van der Waals surface area contributed by atoms with Gasteiger partial charge in [0.1, 0.15) is 5.82 Å². The second kappa shape index (κ2) is 6.16. The zero-order valence-electron chi connectivity index (χ0n) is 13.3. The van der Waals surface area contributed by atoms with Gasteiger partial charge in [-0.2, -0.15) is 0 Å². The number of hydrogen-bond acceptors (Lipinski definition) is 3. The third-order valence-corrected chi connectivity index (χ3v) is 4.93. The molecule has 2 aromatic rings. The first-order valence-corrected chi connectivity index (χ1v) is 8.02. The van der Waals surface area contributed by atoms with Gasteiger partial charge in [0.2, 0.25) is 0 Å². The molecule has 0 amide bonds. The summed E-state index contributed by atoms with van der Waals surface area (Å²) in [5.74, 6) is 1.16. The highest BCUT2D eigenvalue weighted by Crippen LogP contribution is 2.26. The molecule has 2 unspecified atom stereocenters. The number of para-hydroxylation sites is 2. The van der Waals surface area contributed by atoms with Crippen LogP contribution in [-0.2, 0) is 7.05 Å². The van der Waals surface area contributed by atoms with Crippen LogP contribution in [0.5, 0.6) is 0 Å². The van der Waals surface area contributed by atoms with Crippen molar-refractivity contribution in [3.63, 3.8) is 0 Å². The molecule has 2 atom stereocenters. The van der Waals surface area contributed by atoms with Gasteiger partial charge in [0.15, 0.2) is 0 Å². The Morgan fingerprint density at radius 2 is 2.10 bits per heavy atom. The smallest absolute Gasteiger partial charge is 0.126 e. The Kier molecular flexibility index (Phi) is 4.27. The van der Waals surface area contributed by atoms with E-state index in [4.69, 9.17) is 4.98 Å². The zero-order valence-corrected chi connectivity index (χ0v) is 13.3. The molecule has 1 N–H and O–H groups in total. The molecule has 114 valence electrons. The van der Waals surface area contributed by atoms with Gasteiger partial charge in [-0.25, -0.2) is 4.98 Å². The molecule has 1 fully saturated rings. The van der Waals surface area contributed by atoms with Crippen molar-refractivity contribution >= 4 is 11.0 Å². The number of rotatable bonds is 3. The average molecular weight is 286 g/mol. The van der Waals surface area contributed by atoms with Crippen molar-refractivity contribution < 1.29 is 0 Å². The number of aromatic nitrogens is 2. The summed E-state index contributed by atoms with van der Waals surface area (Å²) >= 11 is 0. The molecule has 4 heteroatoms. The van der Waals surface area contributed by atoms with Crippen LogP contribution in [0.4, 0.5) is 0 Å². The summed E-state index contributed by atoms with van der Waals surface area (Å²) in [6, 6.07) is 9.37. The largest absolute Gasteiger partial charge is 0.330 e. The Balaban J connectivity index is 1.85. The van der Waals surface area contributed by atoms with Crippen LogP contribution in [0, 0.1) is 0 Å². The Hall–Kier alpha value is -1.39. The lowest BCUT2D eigenvalue weighted by molar-refractivity contribution is 0.163. The van der Waals surface area contributed by atoms with E-state index in [2.05, 4.69) is 60.1 Å². The fourth-order valence-corrected chi connectivity index (χ4v) is 3.44. The maximum atomic E-state index is 4.86. The van der Waals surface area contributed by atoms with E-state index in [1.807, 2.05) is 0 Å². The van der Waals surface area contributed by atoms with Gasteiger partial charge in [-0.05, 0) is 58.5 Å². The van der Waals surface area contributed by atoms with Crippen LogP contribution in [-0.4, -0.2) is 40.6 Å². The third-order valence-electron chi connectivity index (χ3n) is 4.93. The van der Waals surface area contributed by atoms with Gasteiger partial charge in [0.05, 0.1) is 17.1 Å². The van der Waals surface area contributed by atoms with E-state index >= 15 is 0 Å². The van der Waals surface area contributed by atoms with Crippen molar-refractivity contribution in [2.24, 2.45) is 7.05 Å². The van der Waals surface area contributed by atoms with Crippen molar-refractivity contribution in [3.8, 4) is 0 Å². The second-order valence-corrected chi connectivity index (χ2v) is 6.19. The Morgan fingerprint density at radius 3 is 2.90 bits per heavy atom. The highest BCUT2D eigenvalue weighted by molar-refractivity contribution is 5.75. The first kappa shape index (κ1) is 14.5. The maximum Gasteiger partial charge on any atom is 0.126 e. The summed E-state index contributed by atoms with van der Waals surface area (Å²) < 4.78 is 2.24. The lowest BCUT2D eigenvalue weighted by Gasteiger charge is -2.32. The van der Waals surface area contributed by atoms with E-state index in [1.54, 1.807) is 0 Å². The topological polar surface area (TPSA) is 33.1 Å². The van der Waals surface area contributed by atoms with Gasteiger partial charge in [0.25, 0.3) is 0 Å². The molecule has 0 radical (unpaired) electrons. The van der Waals surface area contributed by atoms with Gasteiger partial charge >= 0.3 is 0 Å². The fraction of sp³-hybridized carbons (Fsp3) is 0.588. The Labute approximate surface area is 127 Å². The van der Waals surface area contributed by atoms with Crippen molar-refractivity contribution in [1.82, 2.24) is 19.8 Å². The minimum absolute atomic E-state index is 0.338. The molecule has 0 bridgehead atoms. The van der Waals surface area contributed by atoms with Crippen LogP contribution in [0.1, 0.15) is 38.1 Å². The van der Waals surface area contributed by atoms with Crippen LogP contribution >= 0.6 is 0 Å². The van der Waals surface area contributed by atoms with Crippen LogP contribution in [0.15, 0.2) is 24.3 Å². The van der Waals surface area contributed by atoms with Gasteiger partial charge in [-0.1, -0.05) is 12.1 Å².